The lowest BCUT2D eigenvalue weighted by Crippen LogP contribution is -2.32. The second-order valence-electron chi connectivity index (χ2n) is 5.51. The molecule has 2 radical (unpaired) electrons. The first-order chi connectivity index (χ1) is 11.1. The molecule has 0 spiro atoms. The van der Waals surface area contributed by atoms with E-state index in [4.69, 9.17) is 0 Å². The maximum atomic E-state index is 12.8. The van der Waals surface area contributed by atoms with Crippen molar-refractivity contribution >= 4 is 39.0 Å². The minimum absolute atomic E-state index is 0.445. The minimum Gasteiger partial charge on any atom is -0.269 e. The average molecular weight is 336 g/mol. The number of fused-ring (bicyclic) bond motifs is 1. The van der Waals surface area contributed by atoms with E-state index in [1.54, 1.807) is 18.4 Å². The normalized spacial score (nSPS) is 17.6. The molecular weight excluding hydrogens is 322 g/mol. The summed E-state index contributed by atoms with van der Waals surface area (Å²) in [6.07, 6.45) is 1.61. The van der Waals surface area contributed by atoms with Gasteiger partial charge in [-0.3, -0.25) is 8.42 Å². The molecule has 0 aromatic heterocycles. The zero-order chi connectivity index (χ0) is 15.9. The predicted octanol–water partition coefficient (Wildman–Crippen LogP) is 2.30. The fraction of sp³-hybridized carbons (Fsp3) is 0. The zero-order valence-electron chi connectivity index (χ0n) is 12.3. The smallest absolute Gasteiger partial charge is 0.115 e. The van der Waals surface area contributed by atoms with Crippen LogP contribution in [0.1, 0.15) is 0 Å². The lowest BCUT2D eigenvalue weighted by Gasteiger charge is -2.32. The fourth-order valence-electron chi connectivity index (χ4n) is 3.19. The van der Waals surface area contributed by atoms with Gasteiger partial charge in [0.2, 0.25) is 0 Å². The van der Waals surface area contributed by atoms with E-state index in [0.29, 0.717) is 4.90 Å². The SMILES string of the molecule is O=S1(=O)[B-][P+](c2ccccc2)(c2ccccc2)c2ccccc21. The van der Waals surface area contributed by atoms with Crippen molar-refractivity contribution in [3.8, 4) is 0 Å². The molecule has 0 saturated carbocycles. The van der Waals surface area contributed by atoms with Crippen LogP contribution < -0.4 is 15.9 Å². The van der Waals surface area contributed by atoms with E-state index < -0.39 is 16.8 Å². The molecule has 1 heterocycles. The van der Waals surface area contributed by atoms with Crippen molar-refractivity contribution in [2.45, 2.75) is 4.90 Å². The summed E-state index contributed by atoms with van der Waals surface area (Å²) in [6.45, 7) is 0. The van der Waals surface area contributed by atoms with Gasteiger partial charge in [0.15, 0.2) is 0 Å². The van der Waals surface area contributed by atoms with Crippen LogP contribution in [0.2, 0.25) is 0 Å². The molecule has 2 nitrogen and oxygen atoms in total. The molecule has 0 atom stereocenters. The quantitative estimate of drug-likeness (QED) is 0.532. The molecule has 23 heavy (non-hydrogen) atoms. The lowest BCUT2D eigenvalue weighted by atomic mass is 10.3. The van der Waals surface area contributed by atoms with Crippen molar-refractivity contribution in [3.63, 3.8) is 0 Å². The summed E-state index contributed by atoms with van der Waals surface area (Å²) in [7, 11) is -5.66. The highest BCUT2D eigenvalue weighted by Crippen LogP contribution is 2.60. The molecule has 3 aromatic rings. The van der Waals surface area contributed by atoms with Crippen LogP contribution in [0.5, 0.6) is 0 Å². The Labute approximate surface area is 137 Å². The van der Waals surface area contributed by atoms with Crippen LogP contribution in [0.15, 0.2) is 89.8 Å². The monoisotopic (exact) mass is 336 g/mol. The molecule has 3 aromatic carbocycles. The zero-order valence-corrected chi connectivity index (χ0v) is 14.0. The van der Waals surface area contributed by atoms with Crippen LogP contribution in [0.4, 0.5) is 0 Å². The molecule has 0 bridgehead atoms. The highest BCUT2D eigenvalue weighted by molar-refractivity contribution is 8.44. The van der Waals surface area contributed by atoms with Crippen LogP contribution in [-0.4, -0.2) is 14.7 Å². The summed E-state index contributed by atoms with van der Waals surface area (Å²) < 4.78 is 25.6. The van der Waals surface area contributed by atoms with Crippen LogP contribution >= 0.6 is 7.14 Å². The third-order valence-corrected chi connectivity index (χ3v) is 11.0. The molecular formula is C18H14BO2PS. The Balaban J connectivity index is 2.12. The average Bonchev–Trinajstić information content (AvgIpc) is 2.86. The summed E-state index contributed by atoms with van der Waals surface area (Å²) in [4.78, 5) is 0.445. The van der Waals surface area contributed by atoms with Crippen LogP contribution in [-0.2, 0) is 9.69 Å². The second-order valence-corrected chi connectivity index (χ2v) is 10.8. The van der Waals surface area contributed by atoms with Gasteiger partial charge in [0, 0.05) is 9.69 Å². The molecule has 0 fully saturated rings. The van der Waals surface area contributed by atoms with Crippen molar-refractivity contribution in [2.24, 2.45) is 0 Å². The molecule has 5 heteroatoms. The fourth-order valence-corrected chi connectivity index (χ4v) is 11.1. The third-order valence-electron chi connectivity index (χ3n) is 4.18. The number of benzene rings is 3. The van der Waals surface area contributed by atoms with Gasteiger partial charge in [0.05, 0.1) is 20.8 Å². The summed E-state index contributed by atoms with van der Waals surface area (Å²) in [6, 6.07) is 27.4. The number of hydrogen-bond donors (Lipinski definition) is 0. The van der Waals surface area contributed by atoms with E-state index >= 15 is 0 Å². The lowest BCUT2D eigenvalue weighted by molar-refractivity contribution is 0.610. The van der Waals surface area contributed by atoms with E-state index in [0.717, 1.165) is 15.9 Å². The van der Waals surface area contributed by atoms with E-state index in [-0.39, 0.29) is 0 Å². The molecule has 0 N–H and O–H groups in total. The van der Waals surface area contributed by atoms with Gasteiger partial charge in [-0.2, -0.15) is 0 Å². The van der Waals surface area contributed by atoms with Gasteiger partial charge in [-0.25, -0.2) is 0 Å². The van der Waals surface area contributed by atoms with Crippen molar-refractivity contribution in [1.82, 2.24) is 0 Å². The standard InChI is InChI=1S/C18H14BO2PS/c20-23(21)18-14-8-7-13-17(18)22(19-23,15-9-3-1-4-10-15)16-11-5-2-6-12-16/h1-14H. The first-order valence-corrected chi connectivity index (χ1v) is 10.8. The third kappa shape index (κ3) is 2.17. The highest BCUT2D eigenvalue weighted by atomic mass is 32.2. The molecule has 0 amide bonds. The summed E-state index contributed by atoms with van der Waals surface area (Å²) in [5, 5.41) is 3.07. The summed E-state index contributed by atoms with van der Waals surface area (Å²) >= 11 is 0. The van der Waals surface area contributed by atoms with Gasteiger partial charge >= 0.3 is 0 Å². The first kappa shape index (κ1) is 14.7. The van der Waals surface area contributed by atoms with Crippen molar-refractivity contribution in [3.05, 3.63) is 84.9 Å². The second kappa shape index (κ2) is 5.33. The molecule has 0 unspecified atom stereocenters. The van der Waals surface area contributed by atoms with Crippen molar-refractivity contribution in [2.75, 3.05) is 0 Å². The van der Waals surface area contributed by atoms with E-state index in [2.05, 4.69) is 0 Å². The van der Waals surface area contributed by atoms with Gasteiger partial charge in [0.25, 0.3) is 0 Å². The first-order valence-electron chi connectivity index (χ1n) is 7.35. The highest BCUT2D eigenvalue weighted by Gasteiger charge is 2.46. The number of rotatable bonds is 2. The van der Waals surface area contributed by atoms with Crippen LogP contribution in [0.25, 0.3) is 0 Å². The van der Waals surface area contributed by atoms with Crippen molar-refractivity contribution in [1.29, 1.82) is 0 Å². The Hall–Kier alpha value is -1.90. The van der Waals surface area contributed by atoms with Gasteiger partial charge in [-0.15, -0.1) is 0 Å². The topological polar surface area (TPSA) is 34.1 Å². The Morgan fingerprint density at radius 3 is 1.70 bits per heavy atom. The molecule has 1 aliphatic heterocycles. The van der Waals surface area contributed by atoms with Crippen LogP contribution in [0.3, 0.4) is 0 Å². The largest absolute Gasteiger partial charge is 0.269 e. The Morgan fingerprint density at radius 1 is 0.652 bits per heavy atom. The van der Waals surface area contributed by atoms with Crippen LogP contribution in [0, 0.1) is 0 Å². The predicted molar refractivity (Wildman–Crippen MR) is 98.1 cm³/mol. The van der Waals surface area contributed by atoms with Gasteiger partial charge in [-0.1, -0.05) is 55.7 Å². The Bertz CT molecular complexity index is 917. The number of hydrogen-bond acceptors (Lipinski definition) is 2. The van der Waals surface area contributed by atoms with Gasteiger partial charge in [-0.05, 0) is 36.4 Å². The van der Waals surface area contributed by atoms with Gasteiger partial charge in [0.1, 0.15) is 6.28 Å². The summed E-state index contributed by atoms with van der Waals surface area (Å²) in [5.74, 6) is 0. The molecule has 1 aliphatic rings. The van der Waals surface area contributed by atoms with E-state index in [1.165, 1.54) is 0 Å². The Kier molecular flexibility index (Phi) is 3.40. The van der Waals surface area contributed by atoms with Crippen molar-refractivity contribution < 1.29 is 8.42 Å². The Morgan fingerprint density at radius 2 is 1.13 bits per heavy atom. The van der Waals surface area contributed by atoms with Gasteiger partial charge < -0.3 is 0 Å². The van der Waals surface area contributed by atoms with E-state index in [9.17, 15) is 8.42 Å². The maximum absolute atomic E-state index is 12.8. The minimum atomic E-state index is -3.39. The van der Waals surface area contributed by atoms with E-state index in [1.807, 2.05) is 72.8 Å². The molecule has 0 aliphatic carbocycles. The summed E-state index contributed by atoms with van der Waals surface area (Å²) in [5.41, 5.74) is 0. The molecule has 4 rings (SSSR count). The molecule has 112 valence electrons. The maximum Gasteiger partial charge on any atom is 0.115 e. The molecule has 0 saturated heterocycles.